The molecule has 0 aromatic heterocycles. The van der Waals surface area contributed by atoms with Gasteiger partial charge in [0.15, 0.2) is 0 Å². The molecule has 2 rings (SSSR count). The van der Waals surface area contributed by atoms with Crippen molar-refractivity contribution in [2.24, 2.45) is 0 Å². The van der Waals surface area contributed by atoms with Gasteiger partial charge in [-0.2, -0.15) is 0 Å². The summed E-state index contributed by atoms with van der Waals surface area (Å²) >= 11 is -0.826. The molecule has 92 valence electrons. The minimum absolute atomic E-state index is 0. The summed E-state index contributed by atoms with van der Waals surface area (Å²) in [4.78, 5) is 0. The van der Waals surface area contributed by atoms with Crippen LogP contribution in [-0.4, -0.2) is 0 Å². The predicted molar refractivity (Wildman–Crippen MR) is 70.7 cm³/mol. The Labute approximate surface area is 116 Å². The SMILES string of the molecule is C1CCCC1.C1CCCC1.[CH3-].[CH3-].[Cl][Zr+2][Cl]. The van der Waals surface area contributed by atoms with Crippen LogP contribution in [0.3, 0.4) is 0 Å². The van der Waals surface area contributed by atoms with E-state index in [-0.39, 0.29) is 14.9 Å². The van der Waals surface area contributed by atoms with E-state index in [0.717, 1.165) is 0 Å². The van der Waals surface area contributed by atoms with Gasteiger partial charge >= 0.3 is 37.9 Å². The zero-order chi connectivity index (χ0) is 9.78. The van der Waals surface area contributed by atoms with E-state index in [1.807, 2.05) is 0 Å². The zero-order valence-corrected chi connectivity index (χ0v) is 14.3. The fraction of sp³-hybridized carbons (Fsp3) is 0.833. The van der Waals surface area contributed by atoms with Gasteiger partial charge in [-0.15, -0.1) is 0 Å². The summed E-state index contributed by atoms with van der Waals surface area (Å²) in [6.07, 6.45) is 15.0. The third-order valence-corrected chi connectivity index (χ3v) is 2.50. The Balaban J connectivity index is -0.000000140. The molecule has 0 radical (unpaired) electrons. The second-order valence-corrected chi connectivity index (χ2v) is 7.34. The molecule has 0 aromatic carbocycles. The third-order valence-electron chi connectivity index (χ3n) is 2.50. The molecule has 0 aromatic rings. The van der Waals surface area contributed by atoms with Crippen LogP contribution in [0.25, 0.3) is 0 Å². The summed E-state index contributed by atoms with van der Waals surface area (Å²) in [7, 11) is 9.87. The third kappa shape index (κ3) is 21.3. The first kappa shape index (κ1) is 21.7. The molecule has 2 fully saturated rings. The van der Waals surface area contributed by atoms with Gasteiger partial charge in [-0.25, -0.2) is 0 Å². The Bertz CT molecular complexity index is 56.5. The van der Waals surface area contributed by atoms with Crippen LogP contribution < -0.4 is 0 Å². The van der Waals surface area contributed by atoms with E-state index < -0.39 is 20.8 Å². The summed E-state index contributed by atoms with van der Waals surface area (Å²) in [6, 6.07) is 0. The van der Waals surface area contributed by atoms with Crippen LogP contribution in [0.5, 0.6) is 0 Å². The van der Waals surface area contributed by atoms with Crippen molar-refractivity contribution in [2.45, 2.75) is 64.2 Å². The average molecular weight is 332 g/mol. The fourth-order valence-electron chi connectivity index (χ4n) is 1.77. The van der Waals surface area contributed by atoms with Gasteiger partial charge in [0.2, 0.25) is 0 Å². The van der Waals surface area contributed by atoms with E-state index in [0.29, 0.717) is 0 Å². The number of hydrogen-bond acceptors (Lipinski definition) is 0. The van der Waals surface area contributed by atoms with Crippen LogP contribution in [0, 0.1) is 14.9 Å². The van der Waals surface area contributed by atoms with E-state index in [2.05, 4.69) is 0 Å². The van der Waals surface area contributed by atoms with E-state index in [9.17, 15) is 0 Å². The molecule has 0 bridgehead atoms. The van der Waals surface area contributed by atoms with Crippen LogP contribution >= 0.6 is 17.0 Å². The van der Waals surface area contributed by atoms with Crippen molar-refractivity contribution in [2.75, 3.05) is 0 Å². The van der Waals surface area contributed by atoms with Crippen molar-refractivity contribution in [3.8, 4) is 0 Å². The van der Waals surface area contributed by atoms with Gasteiger partial charge in [-0.3, -0.25) is 0 Å². The number of rotatable bonds is 0. The van der Waals surface area contributed by atoms with Crippen LogP contribution in [0.15, 0.2) is 0 Å². The van der Waals surface area contributed by atoms with Crippen LogP contribution in [-0.2, 0) is 20.8 Å². The number of halogens is 2. The summed E-state index contributed by atoms with van der Waals surface area (Å²) in [5, 5.41) is 0. The molecule has 0 N–H and O–H groups in total. The molecular weight excluding hydrogens is 306 g/mol. The molecule has 0 amide bonds. The van der Waals surface area contributed by atoms with Crippen LogP contribution in [0.1, 0.15) is 64.2 Å². The van der Waals surface area contributed by atoms with Gasteiger partial charge in [0.05, 0.1) is 0 Å². The van der Waals surface area contributed by atoms with Crippen LogP contribution in [0.2, 0.25) is 0 Å². The Morgan fingerprint density at radius 2 is 0.533 bits per heavy atom. The molecule has 2 aliphatic rings. The molecule has 2 saturated carbocycles. The van der Waals surface area contributed by atoms with E-state index in [4.69, 9.17) is 17.0 Å². The fourth-order valence-corrected chi connectivity index (χ4v) is 1.77. The maximum atomic E-state index is 4.93. The van der Waals surface area contributed by atoms with Gasteiger partial charge in [-0.05, 0) is 0 Å². The van der Waals surface area contributed by atoms with Gasteiger partial charge < -0.3 is 14.9 Å². The molecule has 0 spiro atoms. The summed E-state index contributed by atoms with van der Waals surface area (Å²) in [5.41, 5.74) is 0. The Kier molecular flexibility index (Phi) is 30.2. The summed E-state index contributed by atoms with van der Waals surface area (Å²) < 4.78 is 0. The minimum atomic E-state index is -0.826. The van der Waals surface area contributed by atoms with Gasteiger partial charge in [0.25, 0.3) is 0 Å². The molecular formula is C12H26Cl2Zr. The molecule has 0 unspecified atom stereocenters. The maximum absolute atomic E-state index is 4.93. The molecule has 3 heteroatoms. The van der Waals surface area contributed by atoms with Crippen molar-refractivity contribution in [3.63, 3.8) is 0 Å². The summed E-state index contributed by atoms with van der Waals surface area (Å²) in [6.45, 7) is 0. The van der Waals surface area contributed by atoms with Crippen LogP contribution in [0.4, 0.5) is 0 Å². The molecule has 15 heavy (non-hydrogen) atoms. The average Bonchev–Trinajstić information content (AvgIpc) is 2.85. The Morgan fingerprint density at radius 3 is 0.600 bits per heavy atom. The van der Waals surface area contributed by atoms with E-state index in [1.165, 1.54) is 64.2 Å². The van der Waals surface area contributed by atoms with E-state index in [1.54, 1.807) is 0 Å². The molecule has 2 aliphatic carbocycles. The Morgan fingerprint density at radius 1 is 0.467 bits per heavy atom. The molecule has 0 saturated heterocycles. The predicted octanol–water partition coefficient (Wildman–Crippen LogP) is 6.18. The van der Waals surface area contributed by atoms with Crippen molar-refractivity contribution >= 4 is 17.0 Å². The number of hydrogen-bond donors (Lipinski definition) is 0. The monoisotopic (exact) mass is 330 g/mol. The molecule has 0 heterocycles. The van der Waals surface area contributed by atoms with E-state index >= 15 is 0 Å². The second kappa shape index (κ2) is 20.8. The molecule has 0 nitrogen and oxygen atoms in total. The van der Waals surface area contributed by atoms with Crippen molar-refractivity contribution in [3.05, 3.63) is 14.9 Å². The quantitative estimate of drug-likeness (QED) is 0.465. The zero-order valence-electron chi connectivity index (χ0n) is 10.3. The normalized spacial score (nSPS) is 16.7. The molecule has 0 aliphatic heterocycles. The first-order valence-corrected chi connectivity index (χ1v) is 11.7. The first-order chi connectivity index (χ1) is 6.41. The van der Waals surface area contributed by atoms with Crippen molar-refractivity contribution in [1.29, 1.82) is 0 Å². The first-order valence-electron chi connectivity index (χ1n) is 5.38. The molecule has 0 atom stereocenters. The Hall–Kier alpha value is 1.46. The van der Waals surface area contributed by atoms with Crippen molar-refractivity contribution < 1.29 is 20.8 Å². The van der Waals surface area contributed by atoms with Gasteiger partial charge in [-0.1, -0.05) is 64.2 Å². The van der Waals surface area contributed by atoms with Gasteiger partial charge in [0, 0.05) is 0 Å². The second-order valence-electron chi connectivity index (χ2n) is 3.61. The van der Waals surface area contributed by atoms with Gasteiger partial charge in [0.1, 0.15) is 0 Å². The summed E-state index contributed by atoms with van der Waals surface area (Å²) in [5.74, 6) is 0. The standard InChI is InChI=1S/2C5H10.2CH3.2ClH.Zr/c2*1-2-4-5-3-1;;;;;/h2*1-5H2;2*1H3;2*1H;/q;;2*-1;;;+4/p-2. The topological polar surface area (TPSA) is 0 Å². The van der Waals surface area contributed by atoms with Crippen molar-refractivity contribution in [1.82, 2.24) is 0 Å².